The zero-order valence-electron chi connectivity index (χ0n) is 16.0. The van der Waals surface area contributed by atoms with Gasteiger partial charge in [-0.15, -0.1) is 0 Å². The summed E-state index contributed by atoms with van der Waals surface area (Å²) in [6.07, 6.45) is 2.12. The lowest BCUT2D eigenvalue weighted by Gasteiger charge is -2.28. The molecule has 2 aromatic rings. The highest BCUT2D eigenvalue weighted by atomic mass is 32.2. The first-order valence-corrected chi connectivity index (χ1v) is 10.7. The fraction of sp³-hybridized carbons (Fsp3) is 0.400. The summed E-state index contributed by atoms with van der Waals surface area (Å²) in [7, 11) is -0.175. The van der Waals surface area contributed by atoms with E-state index in [1.165, 1.54) is 0 Å². The van der Waals surface area contributed by atoms with Crippen molar-refractivity contribution >= 4 is 15.7 Å². The lowest BCUT2D eigenvalue weighted by molar-refractivity contribution is 0.246. The first-order valence-electron chi connectivity index (χ1n) is 9.24. The van der Waals surface area contributed by atoms with Crippen molar-refractivity contribution in [3.63, 3.8) is 0 Å². The van der Waals surface area contributed by atoms with Crippen molar-refractivity contribution in [1.29, 1.82) is 0 Å². The van der Waals surface area contributed by atoms with Crippen LogP contribution in [0.2, 0.25) is 0 Å². The summed E-state index contributed by atoms with van der Waals surface area (Å²) in [5.74, 6) is -1.91. The number of anilines is 1. The third kappa shape index (κ3) is 4.68. The Bertz CT molecular complexity index is 912. The SMILES string of the molecule is CN(C)c1ccc([C@H](CNS(=O)(=O)c2ccc(F)cc2F)N2CCCC2)cc1. The standard InChI is InChI=1S/C20H25F2N3O2S/c1-24(2)17-8-5-15(6-9-17)19(25-11-3-4-12-25)14-23-28(26,27)20-10-7-16(21)13-18(20)22/h5-10,13,19,23H,3-4,11-12,14H2,1-2H3/t19-/m0/s1. The van der Waals surface area contributed by atoms with Gasteiger partial charge in [0.05, 0.1) is 0 Å². The second-order valence-electron chi connectivity index (χ2n) is 7.17. The van der Waals surface area contributed by atoms with E-state index < -0.39 is 26.6 Å². The van der Waals surface area contributed by atoms with Gasteiger partial charge in [0.15, 0.2) is 0 Å². The third-order valence-corrected chi connectivity index (χ3v) is 6.48. The molecule has 3 rings (SSSR count). The minimum Gasteiger partial charge on any atom is -0.378 e. The van der Waals surface area contributed by atoms with Gasteiger partial charge < -0.3 is 4.90 Å². The quantitative estimate of drug-likeness (QED) is 0.763. The molecular weight excluding hydrogens is 384 g/mol. The molecule has 152 valence electrons. The Morgan fingerprint density at radius 2 is 1.71 bits per heavy atom. The Kier molecular flexibility index (Phi) is 6.32. The van der Waals surface area contributed by atoms with Gasteiger partial charge in [-0.2, -0.15) is 0 Å². The maximum atomic E-state index is 13.9. The summed E-state index contributed by atoms with van der Waals surface area (Å²) >= 11 is 0. The van der Waals surface area contributed by atoms with Gasteiger partial charge in [-0.25, -0.2) is 21.9 Å². The number of benzene rings is 2. The largest absolute Gasteiger partial charge is 0.378 e. The Morgan fingerprint density at radius 1 is 1.07 bits per heavy atom. The maximum Gasteiger partial charge on any atom is 0.243 e. The van der Waals surface area contributed by atoms with Crippen LogP contribution in [0.25, 0.3) is 0 Å². The van der Waals surface area contributed by atoms with Crippen LogP contribution in [0.5, 0.6) is 0 Å². The number of sulfonamides is 1. The molecule has 0 spiro atoms. The molecule has 2 aromatic carbocycles. The molecule has 0 amide bonds. The summed E-state index contributed by atoms with van der Waals surface area (Å²) in [5.41, 5.74) is 2.05. The second kappa shape index (κ2) is 8.55. The molecule has 1 fully saturated rings. The summed E-state index contributed by atoms with van der Waals surface area (Å²) < 4.78 is 54.7. The molecular formula is C20H25F2N3O2S. The Hall–Kier alpha value is -2.03. The molecule has 0 aliphatic carbocycles. The minimum atomic E-state index is -4.09. The van der Waals surface area contributed by atoms with E-state index in [0.717, 1.165) is 49.3 Å². The van der Waals surface area contributed by atoms with Gasteiger partial charge in [0.1, 0.15) is 16.5 Å². The molecule has 0 bridgehead atoms. The van der Waals surface area contributed by atoms with E-state index in [1.807, 2.05) is 43.3 Å². The molecule has 0 saturated carbocycles. The molecule has 0 radical (unpaired) electrons. The van der Waals surface area contributed by atoms with E-state index in [2.05, 4.69) is 9.62 Å². The zero-order valence-corrected chi connectivity index (χ0v) is 16.8. The second-order valence-corrected chi connectivity index (χ2v) is 8.91. The lowest BCUT2D eigenvalue weighted by Crippen LogP contribution is -2.37. The van der Waals surface area contributed by atoms with Gasteiger partial charge in [0.2, 0.25) is 10.0 Å². The highest BCUT2D eigenvalue weighted by Crippen LogP contribution is 2.27. The molecule has 1 N–H and O–H groups in total. The molecule has 1 aliphatic heterocycles. The Labute approximate surface area is 165 Å². The molecule has 0 aromatic heterocycles. The van der Waals surface area contributed by atoms with Crippen LogP contribution >= 0.6 is 0 Å². The Morgan fingerprint density at radius 3 is 2.29 bits per heavy atom. The normalized spacial score (nSPS) is 16.3. The first-order chi connectivity index (χ1) is 13.3. The number of halogens is 2. The number of hydrogen-bond donors (Lipinski definition) is 1. The van der Waals surface area contributed by atoms with E-state index in [9.17, 15) is 17.2 Å². The predicted octanol–water partition coefficient (Wildman–Crippen LogP) is 3.15. The van der Waals surface area contributed by atoms with Gasteiger partial charge in [-0.1, -0.05) is 12.1 Å². The summed E-state index contributed by atoms with van der Waals surface area (Å²) in [6.45, 7) is 1.87. The van der Waals surface area contributed by atoms with Crippen molar-refractivity contribution in [2.75, 3.05) is 38.6 Å². The van der Waals surface area contributed by atoms with Gasteiger partial charge >= 0.3 is 0 Å². The van der Waals surface area contributed by atoms with Crippen molar-refractivity contribution in [2.45, 2.75) is 23.8 Å². The van der Waals surface area contributed by atoms with Crippen LogP contribution in [0.4, 0.5) is 14.5 Å². The van der Waals surface area contributed by atoms with Gasteiger partial charge in [-0.3, -0.25) is 4.90 Å². The van der Waals surface area contributed by atoms with E-state index in [-0.39, 0.29) is 12.6 Å². The average Bonchev–Trinajstić information content (AvgIpc) is 3.16. The predicted molar refractivity (Wildman–Crippen MR) is 106 cm³/mol. The number of likely N-dealkylation sites (tertiary alicyclic amines) is 1. The highest BCUT2D eigenvalue weighted by Gasteiger charge is 2.27. The summed E-state index contributed by atoms with van der Waals surface area (Å²) in [5, 5.41) is 0. The molecule has 1 atom stereocenters. The number of nitrogens with zero attached hydrogens (tertiary/aromatic N) is 2. The van der Waals surface area contributed by atoms with Crippen molar-refractivity contribution < 1.29 is 17.2 Å². The summed E-state index contributed by atoms with van der Waals surface area (Å²) in [4.78, 5) is 3.68. The Balaban J connectivity index is 1.81. The van der Waals surface area contributed by atoms with Gasteiger partial charge in [-0.05, 0) is 55.8 Å². The third-order valence-electron chi connectivity index (χ3n) is 5.03. The van der Waals surface area contributed by atoms with E-state index in [0.29, 0.717) is 6.07 Å². The van der Waals surface area contributed by atoms with Crippen LogP contribution < -0.4 is 9.62 Å². The zero-order chi connectivity index (χ0) is 20.3. The van der Waals surface area contributed by atoms with Crippen molar-refractivity contribution in [1.82, 2.24) is 9.62 Å². The molecule has 1 saturated heterocycles. The molecule has 0 unspecified atom stereocenters. The van der Waals surface area contributed by atoms with Crippen LogP contribution in [-0.2, 0) is 10.0 Å². The minimum absolute atomic E-state index is 0.112. The molecule has 28 heavy (non-hydrogen) atoms. The van der Waals surface area contributed by atoms with Crippen molar-refractivity contribution in [3.05, 3.63) is 59.7 Å². The van der Waals surface area contributed by atoms with Crippen molar-refractivity contribution in [3.8, 4) is 0 Å². The first kappa shape index (κ1) is 20.7. The van der Waals surface area contributed by atoms with Gasteiger partial charge in [0.25, 0.3) is 0 Å². The van der Waals surface area contributed by atoms with Crippen LogP contribution in [0.3, 0.4) is 0 Å². The number of hydrogen-bond acceptors (Lipinski definition) is 4. The molecule has 5 nitrogen and oxygen atoms in total. The maximum absolute atomic E-state index is 13.9. The van der Waals surface area contributed by atoms with Crippen LogP contribution in [0.15, 0.2) is 47.4 Å². The molecule has 1 heterocycles. The smallest absolute Gasteiger partial charge is 0.243 e. The topological polar surface area (TPSA) is 52.7 Å². The average molecular weight is 410 g/mol. The fourth-order valence-electron chi connectivity index (χ4n) is 3.47. The van der Waals surface area contributed by atoms with E-state index in [1.54, 1.807) is 0 Å². The monoisotopic (exact) mass is 409 g/mol. The van der Waals surface area contributed by atoms with Gasteiger partial charge in [0, 0.05) is 38.4 Å². The lowest BCUT2D eigenvalue weighted by atomic mass is 10.1. The van der Waals surface area contributed by atoms with Crippen LogP contribution in [-0.4, -0.2) is 47.0 Å². The van der Waals surface area contributed by atoms with Crippen LogP contribution in [0.1, 0.15) is 24.4 Å². The van der Waals surface area contributed by atoms with E-state index >= 15 is 0 Å². The van der Waals surface area contributed by atoms with E-state index in [4.69, 9.17) is 0 Å². The van der Waals surface area contributed by atoms with Crippen molar-refractivity contribution in [2.24, 2.45) is 0 Å². The van der Waals surface area contributed by atoms with Crippen LogP contribution in [0, 0.1) is 11.6 Å². The fourth-order valence-corrected chi connectivity index (χ4v) is 4.56. The number of rotatable bonds is 7. The molecule has 8 heteroatoms. The number of nitrogens with one attached hydrogen (secondary N) is 1. The highest BCUT2D eigenvalue weighted by molar-refractivity contribution is 7.89. The molecule has 1 aliphatic rings. The summed E-state index contributed by atoms with van der Waals surface area (Å²) in [6, 6.07) is 10.3.